The number of benzene rings is 1. The van der Waals surface area contributed by atoms with E-state index in [1.165, 1.54) is 5.56 Å². The summed E-state index contributed by atoms with van der Waals surface area (Å²) in [7, 11) is 1.73. The van der Waals surface area contributed by atoms with E-state index < -0.39 is 12.0 Å². The lowest BCUT2D eigenvalue weighted by Crippen LogP contribution is -2.29. The summed E-state index contributed by atoms with van der Waals surface area (Å²) >= 11 is 6.08. The van der Waals surface area contributed by atoms with Gasteiger partial charge in [0.1, 0.15) is 0 Å². The zero-order chi connectivity index (χ0) is 17.1. The number of nitrogens with zero attached hydrogens (tertiary/aromatic N) is 2. The molecule has 1 amide bonds. The van der Waals surface area contributed by atoms with Gasteiger partial charge in [-0.1, -0.05) is 49.7 Å². The van der Waals surface area contributed by atoms with Crippen LogP contribution in [0.4, 0.5) is 0 Å². The second-order valence-electron chi connectivity index (χ2n) is 5.92. The Bertz CT molecular complexity index is 693. The number of carbonyl (C=O) groups excluding carboxylic acids is 1. The molecule has 0 saturated heterocycles. The Kier molecular flexibility index (Phi) is 5.44. The molecule has 124 valence electrons. The molecule has 0 aliphatic heterocycles. The van der Waals surface area contributed by atoms with Crippen LogP contribution >= 0.6 is 11.6 Å². The van der Waals surface area contributed by atoms with E-state index in [9.17, 15) is 9.90 Å². The maximum Gasteiger partial charge on any atom is 0.273 e. The van der Waals surface area contributed by atoms with E-state index >= 15 is 0 Å². The van der Waals surface area contributed by atoms with Gasteiger partial charge in [-0.15, -0.1) is 0 Å². The summed E-state index contributed by atoms with van der Waals surface area (Å²) < 4.78 is 1.55. The zero-order valence-electron chi connectivity index (χ0n) is 13.8. The molecular formula is C17H22ClN3O2. The van der Waals surface area contributed by atoms with Gasteiger partial charge in [-0.25, -0.2) is 0 Å². The second-order valence-corrected chi connectivity index (χ2v) is 6.30. The molecule has 0 bridgehead atoms. The van der Waals surface area contributed by atoms with Crippen molar-refractivity contribution in [1.29, 1.82) is 0 Å². The SMILES string of the molecule is Cc1c(Cl)c(C(=O)NCC(O)c2ccc(C(C)C)cc2)nn1C. The van der Waals surface area contributed by atoms with Crippen molar-refractivity contribution < 1.29 is 9.90 Å². The molecule has 2 N–H and O–H groups in total. The largest absolute Gasteiger partial charge is 0.387 e. The van der Waals surface area contributed by atoms with Gasteiger partial charge in [0, 0.05) is 13.6 Å². The van der Waals surface area contributed by atoms with Gasteiger partial charge in [0.15, 0.2) is 5.69 Å². The predicted octanol–water partition coefficient (Wildman–Crippen LogP) is 2.97. The fourth-order valence-electron chi connectivity index (χ4n) is 2.22. The van der Waals surface area contributed by atoms with Gasteiger partial charge < -0.3 is 10.4 Å². The lowest BCUT2D eigenvalue weighted by molar-refractivity contribution is 0.0911. The van der Waals surface area contributed by atoms with Crippen molar-refractivity contribution in [3.8, 4) is 0 Å². The fourth-order valence-corrected chi connectivity index (χ4v) is 2.47. The highest BCUT2D eigenvalue weighted by molar-refractivity contribution is 6.34. The van der Waals surface area contributed by atoms with E-state index in [0.29, 0.717) is 10.9 Å². The first-order valence-corrected chi connectivity index (χ1v) is 7.94. The standard InChI is InChI=1S/C17H22ClN3O2/c1-10(2)12-5-7-13(8-6-12)14(22)9-19-17(23)16-15(18)11(3)21(4)20-16/h5-8,10,14,22H,9H2,1-4H3,(H,19,23). The van der Waals surface area contributed by atoms with E-state index in [-0.39, 0.29) is 12.2 Å². The van der Waals surface area contributed by atoms with Crippen molar-refractivity contribution in [2.75, 3.05) is 6.54 Å². The van der Waals surface area contributed by atoms with Crippen molar-refractivity contribution in [3.63, 3.8) is 0 Å². The van der Waals surface area contributed by atoms with Gasteiger partial charge in [0.05, 0.1) is 16.8 Å². The third-order valence-corrected chi connectivity index (χ3v) is 4.37. The average molecular weight is 336 g/mol. The average Bonchev–Trinajstić information content (AvgIpc) is 2.80. The molecule has 1 unspecified atom stereocenters. The van der Waals surface area contributed by atoms with Gasteiger partial charge in [-0.2, -0.15) is 5.10 Å². The normalized spacial score (nSPS) is 12.5. The number of hydrogen-bond donors (Lipinski definition) is 2. The molecule has 23 heavy (non-hydrogen) atoms. The van der Waals surface area contributed by atoms with Crippen LogP contribution in [0.2, 0.25) is 5.02 Å². The maximum absolute atomic E-state index is 12.1. The Balaban J connectivity index is 1.99. The van der Waals surface area contributed by atoms with Crippen LogP contribution in [0.3, 0.4) is 0 Å². The highest BCUT2D eigenvalue weighted by Gasteiger charge is 2.19. The summed E-state index contributed by atoms with van der Waals surface area (Å²) in [4.78, 5) is 12.1. The fraction of sp³-hybridized carbons (Fsp3) is 0.412. The Morgan fingerprint density at radius 3 is 2.35 bits per heavy atom. The van der Waals surface area contributed by atoms with Crippen molar-refractivity contribution in [2.24, 2.45) is 7.05 Å². The number of aliphatic hydroxyl groups is 1. The van der Waals surface area contributed by atoms with Gasteiger partial charge in [-0.05, 0) is 24.0 Å². The highest BCUT2D eigenvalue weighted by Crippen LogP contribution is 2.20. The topological polar surface area (TPSA) is 67.2 Å². The predicted molar refractivity (Wildman–Crippen MR) is 90.8 cm³/mol. The number of rotatable bonds is 5. The molecule has 1 atom stereocenters. The van der Waals surface area contributed by atoms with Gasteiger partial charge >= 0.3 is 0 Å². The van der Waals surface area contributed by atoms with E-state index in [0.717, 1.165) is 11.3 Å². The van der Waals surface area contributed by atoms with E-state index in [1.54, 1.807) is 18.7 Å². The lowest BCUT2D eigenvalue weighted by atomic mass is 10.00. The van der Waals surface area contributed by atoms with Crippen LogP contribution in [0.15, 0.2) is 24.3 Å². The van der Waals surface area contributed by atoms with Crippen molar-refractivity contribution in [3.05, 3.63) is 51.8 Å². The van der Waals surface area contributed by atoms with Crippen molar-refractivity contribution >= 4 is 17.5 Å². The molecular weight excluding hydrogens is 314 g/mol. The van der Waals surface area contributed by atoms with Gasteiger partial charge in [0.25, 0.3) is 5.91 Å². The number of halogens is 1. The minimum absolute atomic E-state index is 0.103. The number of aryl methyl sites for hydroxylation is 1. The molecule has 0 aliphatic rings. The molecule has 2 aromatic rings. The van der Waals surface area contributed by atoms with Gasteiger partial charge in [-0.3, -0.25) is 9.48 Å². The molecule has 0 saturated carbocycles. The first-order chi connectivity index (χ1) is 10.8. The van der Waals surface area contributed by atoms with Crippen LogP contribution in [0.1, 0.15) is 53.2 Å². The number of aromatic nitrogens is 2. The lowest BCUT2D eigenvalue weighted by Gasteiger charge is -2.13. The van der Waals surface area contributed by atoms with E-state index in [2.05, 4.69) is 24.3 Å². The minimum atomic E-state index is -0.774. The first kappa shape index (κ1) is 17.5. The van der Waals surface area contributed by atoms with Crippen LogP contribution in [0, 0.1) is 6.92 Å². The Hall–Kier alpha value is -1.85. The molecule has 0 spiro atoms. The summed E-state index contributed by atoms with van der Waals surface area (Å²) in [5.41, 5.74) is 2.87. The number of amides is 1. The van der Waals surface area contributed by atoms with Crippen molar-refractivity contribution in [1.82, 2.24) is 15.1 Å². The van der Waals surface area contributed by atoms with Crippen LogP contribution in [-0.4, -0.2) is 27.3 Å². The third-order valence-electron chi connectivity index (χ3n) is 3.92. The molecule has 5 nitrogen and oxygen atoms in total. The molecule has 1 heterocycles. The summed E-state index contributed by atoms with van der Waals surface area (Å²) in [5, 5.41) is 17.3. The van der Waals surface area contributed by atoms with Crippen LogP contribution in [-0.2, 0) is 7.05 Å². The van der Waals surface area contributed by atoms with E-state index in [4.69, 9.17) is 11.6 Å². The summed E-state index contributed by atoms with van der Waals surface area (Å²) in [5.74, 6) is 0.0481. The van der Waals surface area contributed by atoms with Crippen LogP contribution in [0.5, 0.6) is 0 Å². The van der Waals surface area contributed by atoms with Crippen LogP contribution < -0.4 is 5.32 Å². The Morgan fingerprint density at radius 1 is 1.30 bits per heavy atom. The number of nitrogens with one attached hydrogen (secondary N) is 1. The Labute approximate surface area is 141 Å². The monoisotopic (exact) mass is 335 g/mol. The van der Waals surface area contributed by atoms with Gasteiger partial charge in [0.2, 0.25) is 0 Å². The second kappa shape index (κ2) is 7.15. The summed E-state index contributed by atoms with van der Waals surface area (Å²) in [6.45, 7) is 6.12. The molecule has 0 fully saturated rings. The molecule has 0 radical (unpaired) electrons. The molecule has 2 rings (SSSR count). The van der Waals surface area contributed by atoms with E-state index in [1.807, 2.05) is 24.3 Å². The highest BCUT2D eigenvalue weighted by atomic mass is 35.5. The number of aliphatic hydroxyl groups excluding tert-OH is 1. The summed E-state index contributed by atoms with van der Waals surface area (Å²) in [6.07, 6.45) is -0.774. The third kappa shape index (κ3) is 3.92. The van der Waals surface area contributed by atoms with Crippen molar-refractivity contribution in [2.45, 2.75) is 32.8 Å². The molecule has 1 aromatic carbocycles. The molecule has 6 heteroatoms. The number of carbonyl (C=O) groups is 1. The maximum atomic E-state index is 12.1. The van der Waals surface area contributed by atoms with Crippen LogP contribution in [0.25, 0.3) is 0 Å². The minimum Gasteiger partial charge on any atom is -0.387 e. The molecule has 1 aromatic heterocycles. The smallest absolute Gasteiger partial charge is 0.273 e. The Morgan fingerprint density at radius 2 is 1.87 bits per heavy atom. The zero-order valence-corrected chi connectivity index (χ0v) is 14.6. The first-order valence-electron chi connectivity index (χ1n) is 7.56. The molecule has 0 aliphatic carbocycles. The number of hydrogen-bond acceptors (Lipinski definition) is 3. The summed E-state index contributed by atoms with van der Waals surface area (Å²) in [6, 6.07) is 7.74. The quantitative estimate of drug-likeness (QED) is 0.882.